The lowest BCUT2D eigenvalue weighted by Crippen LogP contribution is -2.41. The molecule has 0 amide bonds. The number of unbranched alkanes of at least 4 members (excludes halogenated alkanes) is 10. The van der Waals surface area contributed by atoms with Gasteiger partial charge in [-0.05, 0) is 92.2 Å². The number of nitro benzene ring substituents is 1. The van der Waals surface area contributed by atoms with Gasteiger partial charge in [-0.3, -0.25) is 15.1 Å². The van der Waals surface area contributed by atoms with E-state index in [1.165, 1.54) is 69.7 Å². The van der Waals surface area contributed by atoms with E-state index in [9.17, 15) is 20.3 Å². The minimum atomic E-state index is -1.73. The van der Waals surface area contributed by atoms with Crippen molar-refractivity contribution < 1.29 is 24.6 Å². The molecule has 0 saturated carbocycles. The van der Waals surface area contributed by atoms with Gasteiger partial charge in [-0.25, -0.2) is 0 Å². The third-order valence-electron chi connectivity index (χ3n) is 12.3. The molecular weight excluding hydrogens is 865 g/mol. The van der Waals surface area contributed by atoms with Gasteiger partial charge in [-0.1, -0.05) is 168 Å². The van der Waals surface area contributed by atoms with Crippen molar-refractivity contribution in [2.45, 2.75) is 221 Å². The summed E-state index contributed by atoms with van der Waals surface area (Å²) in [7, 11) is 0. The second-order valence-corrected chi connectivity index (χ2v) is 23.0. The van der Waals surface area contributed by atoms with Crippen LogP contribution in [0.15, 0.2) is 45.9 Å². The SMILES string of the molecule is CCCCCCCCOc1c(C(C)(C)C)cc(C(O)(c2cc(C(C)(C)C)c(OCCCCCCCC)c(C(C)(C)C)c2)C(CC)N=Cc2cc([N+](=O)[O-])cc(Br)c2O)cc1C(C)(C)C. The smallest absolute Gasteiger partial charge is 0.271 e. The average Bonchev–Trinajstić information content (AvgIpc) is 3.19. The van der Waals surface area contributed by atoms with Crippen molar-refractivity contribution in [1.29, 1.82) is 0 Å². The van der Waals surface area contributed by atoms with Crippen LogP contribution in [0.1, 0.15) is 226 Å². The number of phenolic OH excluding ortho intramolecular Hbond substituents is 1. The second kappa shape index (κ2) is 23.3. The largest absolute Gasteiger partial charge is 0.506 e. The molecule has 0 heterocycles. The number of phenols is 1. The van der Waals surface area contributed by atoms with E-state index in [-0.39, 0.29) is 43.1 Å². The summed E-state index contributed by atoms with van der Waals surface area (Å²) in [6.45, 7) is 34.0. The van der Waals surface area contributed by atoms with Gasteiger partial charge < -0.3 is 19.7 Å². The summed E-state index contributed by atoms with van der Waals surface area (Å²) >= 11 is 3.31. The predicted octanol–water partition coefficient (Wildman–Crippen LogP) is 15.9. The number of hydrogen-bond donors (Lipinski definition) is 2. The molecule has 0 radical (unpaired) electrons. The Kier molecular flexibility index (Phi) is 20.0. The molecule has 0 aliphatic carbocycles. The van der Waals surface area contributed by atoms with Crippen LogP contribution in [0.3, 0.4) is 0 Å². The molecule has 64 heavy (non-hydrogen) atoms. The number of benzene rings is 3. The third-order valence-corrected chi connectivity index (χ3v) is 12.9. The first-order valence-corrected chi connectivity index (χ1v) is 25.1. The molecule has 8 nitrogen and oxygen atoms in total. The van der Waals surface area contributed by atoms with Gasteiger partial charge in [0.15, 0.2) is 0 Å². The van der Waals surface area contributed by atoms with Crippen LogP contribution in [0.2, 0.25) is 0 Å². The highest BCUT2D eigenvalue weighted by molar-refractivity contribution is 9.10. The fraction of sp³-hybridized carbons (Fsp3) is 0.655. The highest BCUT2D eigenvalue weighted by atomic mass is 79.9. The van der Waals surface area contributed by atoms with E-state index in [2.05, 4.69) is 137 Å². The first-order chi connectivity index (χ1) is 29.7. The Morgan fingerprint density at radius 2 is 0.984 bits per heavy atom. The van der Waals surface area contributed by atoms with E-state index in [0.717, 1.165) is 59.4 Å². The minimum absolute atomic E-state index is 0.165. The zero-order chi connectivity index (χ0) is 48.3. The van der Waals surface area contributed by atoms with Crippen molar-refractivity contribution in [2.75, 3.05) is 13.2 Å². The Morgan fingerprint density at radius 3 is 1.31 bits per heavy atom. The van der Waals surface area contributed by atoms with Gasteiger partial charge in [0.1, 0.15) is 22.8 Å². The van der Waals surface area contributed by atoms with Crippen LogP contribution >= 0.6 is 15.9 Å². The van der Waals surface area contributed by atoms with Crippen molar-refractivity contribution in [3.8, 4) is 17.2 Å². The molecule has 0 aromatic heterocycles. The molecule has 0 bridgehead atoms. The third kappa shape index (κ3) is 14.5. The summed E-state index contributed by atoms with van der Waals surface area (Å²) in [5.74, 6) is 1.57. The van der Waals surface area contributed by atoms with Crippen LogP contribution in [0, 0.1) is 10.1 Å². The first kappa shape index (κ1) is 54.9. The van der Waals surface area contributed by atoms with Crippen LogP contribution < -0.4 is 9.47 Å². The Labute approximate surface area is 396 Å². The van der Waals surface area contributed by atoms with Gasteiger partial charge in [0, 0.05) is 46.2 Å². The number of rotatable bonds is 23. The maximum absolute atomic E-state index is 14.2. The van der Waals surface area contributed by atoms with Crippen molar-refractivity contribution in [1.82, 2.24) is 0 Å². The summed E-state index contributed by atoms with van der Waals surface area (Å²) in [4.78, 5) is 16.5. The van der Waals surface area contributed by atoms with Crippen LogP contribution in [-0.4, -0.2) is 40.6 Å². The molecule has 0 fully saturated rings. The van der Waals surface area contributed by atoms with Crippen LogP contribution in [0.25, 0.3) is 0 Å². The zero-order valence-electron chi connectivity index (χ0n) is 42.5. The van der Waals surface area contributed by atoms with E-state index in [0.29, 0.717) is 30.8 Å². The molecule has 0 saturated heterocycles. The standard InChI is InChI=1S/C55H85BrN2O6/c1-16-19-21-23-25-27-29-63-49-42(51(4,5)6)32-39(33-43(49)52(7,8)9)55(60,47(18-3)57-37-38-31-41(58(61)62)36-46(56)48(38)59)40-34-44(53(10,11)12)50(45(35-40)54(13,14)15)64-30-28-26-24-22-20-17-2/h31-37,47,59-60H,16-30H2,1-15H3. The van der Waals surface area contributed by atoms with Crippen molar-refractivity contribution >= 4 is 27.8 Å². The van der Waals surface area contributed by atoms with E-state index >= 15 is 0 Å². The van der Waals surface area contributed by atoms with Crippen LogP contribution in [0.4, 0.5) is 5.69 Å². The van der Waals surface area contributed by atoms with Crippen molar-refractivity contribution in [3.63, 3.8) is 0 Å². The molecule has 3 aromatic carbocycles. The summed E-state index contributed by atoms with van der Waals surface area (Å²) in [5, 5.41) is 37.2. The number of halogens is 1. The molecule has 1 unspecified atom stereocenters. The Hall–Kier alpha value is -3.43. The lowest BCUT2D eigenvalue weighted by atomic mass is 9.70. The lowest BCUT2D eigenvalue weighted by Gasteiger charge is -2.40. The highest BCUT2D eigenvalue weighted by Gasteiger charge is 2.44. The summed E-state index contributed by atoms with van der Waals surface area (Å²) in [6.07, 6.45) is 15.8. The monoisotopic (exact) mass is 949 g/mol. The van der Waals surface area contributed by atoms with E-state index in [1.807, 2.05) is 6.92 Å². The number of aliphatic imine (C=N–C) groups is 1. The maximum Gasteiger partial charge on any atom is 0.271 e. The molecule has 3 aromatic rings. The van der Waals surface area contributed by atoms with Gasteiger partial charge >= 0.3 is 0 Å². The van der Waals surface area contributed by atoms with E-state index in [1.54, 1.807) is 0 Å². The summed E-state index contributed by atoms with van der Waals surface area (Å²) < 4.78 is 13.9. The van der Waals surface area contributed by atoms with Crippen molar-refractivity contribution in [3.05, 3.63) is 89.9 Å². The van der Waals surface area contributed by atoms with Gasteiger partial charge in [0.2, 0.25) is 0 Å². The molecule has 358 valence electrons. The number of non-ortho nitro benzene ring substituents is 1. The molecule has 9 heteroatoms. The molecule has 0 aliphatic rings. The Balaban J connectivity index is 2.48. The highest BCUT2D eigenvalue weighted by Crippen LogP contribution is 2.49. The minimum Gasteiger partial charge on any atom is -0.506 e. The number of ether oxygens (including phenoxy) is 2. The van der Waals surface area contributed by atoms with Crippen LogP contribution in [0.5, 0.6) is 17.2 Å². The number of nitro groups is 1. The van der Waals surface area contributed by atoms with Gasteiger partial charge in [0.25, 0.3) is 5.69 Å². The van der Waals surface area contributed by atoms with E-state index in [4.69, 9.17) is 14.5 Å². The Bertz CT molecular complexity index is 1840. The number of aromatic hydroxyl groups is 1. The number of aliphatic hydroxyl groups is 1. The second-order valence-electron chi connectivity index (χ2n) is 22.1. The molecule has 0 spiro atoms. The zero-order valence-corrected chi connectivity index (χ0v) is 44.1. The lowest BCUT2D eigenvalue weighted by molar-refractivity contribution is -0.385. The topological polar surface area (TPSA) is 114 Å². The quantitative estimate of drug-likeness (QED) is 0.0423. The average molecular weight is 950 g/mol. The Morgan fingerprint density at radius 1 is 0.625 bits per heavy atom. The summed E-state index contributed by atoms with van der Waals surface area (Å²) in [5.41, 5.74) is 2.21. The van der Waals surface area contributed by atoms with Gasteiger partial charge in [0.05, 0.1) is 28.7 Å². The fourth-order valence-corrected chi connectivity index (χ4v) is 8.85. The first-order valence-electron chi connectivity index (χ1n) is 24.3. The van der Waals surface area contributed by atoms with Crippen LogP contribution in [-0.2, 0) is 27.3 Å². The molecule has 1 atom stereocenters. The number of nitrogens with zero attached hydrogens (tertiary/aromatic N) is 2. The predicted molar refractivity (Wildman–Crippen MR) is 273 cm³/mol. The number of hydrogen-bond acceptors (Lipinski definition) is 7. The van der Waals surface area contributed by atoms with Crippen molar-refractivity contribution in [2.24, 2.45) is 4.99 Å². The molecule has 3 rings (SSSR count). The van der Waals surface area contributed by atoms with Gasteiger partial charge in [-0.2, -0.15) is 0 Å². The molecule has 0 aliphatic heterocycles. The normalized spacial score (nSPS) is 13.5. The fourth-order valence-electron chi connectivity index (χ4n) is 8.39. The molecular formula is C55H85BrN2O6. The van der Waals surface area contributed by atoms with Gasteiger partial charge in [-0.15, -0.1) is 0 Å². The summed E-state index contributed by atoms with van der Waals surface area (Å²) in [6, 6.07) is 10.3. The molecule has 2 N–H and O–H groups in total. The maximum atomic E-state index is 14.2. The van der Waals surface area contributed by atoms with E-state index < -0.39 is 16.6 Å².